The molecule has 0 unspecified atom stereocenters. The monoisotopic (exact) mass is 287 g/mol. The second-order valence-electron chi connectivity index (χ2n) is 4.26. The van der Waals surface area contributed by atoms with Crippen LogP contribution >= 0.6 is 12.2 Å². The lowest BCUT2D eigenvalue weighted by Crippen LogP contribution is -2.19. The first-order chi connectivity index (χ1) is 9.67. The van der Waals surface area contributed by atoms with Crippen molar-refractivity contribution in [1.29, 1.82) is 0 Å². The summed E-state index contributed by atoms with van der Waals surface area (Å²) in [5, 5.41) is 6.64. The van der Waals surface area contributed by atoms with Crippen LogP contribution in [0.3, 0.4) is 0 Å². The number of thiocarbonyl (C=S) groups is 1. The van der Waals surface area contributed by atoms with Crippen LogP contribution < -0.4 is 15.4 Å². The first-order valence-corrected chi connectivity index (χ1v) is 6.81. The number of hydrogen-bond donors (Lipinski definition) is 2. The molecular formula is C15H17N3OS. The highest BCUT2D eigenvalue weighted by Gasteiger charge is 2.00. The van der Waals surface area contributed by atoms with E-state index < -0.39 is 0 Å². The number of benzene rings is 1. The summed E-state index contributed by atoms with van der Waals surface area (Å²) in [5.41, 5.74) is 2.01. The van der Waals surface area contributed by atoms with Gasteiger partial charge in [-0.25, -0.2) is 4.98 Å². The lowest BCUT2D eigenvalue weighted by Gasteiger charge is -2.10. The largest absolute Gasteiger partial charge is 0.494 e. The van der Waals surface area contributed by atoms with Crippen LogP contribution in [0.5, 0.6) is 5.75 Å². The van der Waals surface area contributed by atoms with Crippen molar-refractivity contribution in [2.24, 2.45) is 0 Å². The molecule has 2 rings (SSSR count). The van der Waals surface area contributed by atoms with E-state index in [1.807, 2.05) is 50.2 Å². The highest BCUT2D eigenvalue weighted by Crippen LogP contribution is 2.16. The SMILES string of the molecule is CCOc1ccc(NC(=S)Nc2ccc(C)cn2)cc1. The number of rotatable bonds is 4. The van der Waals surface area contributed by atoms with Crippen LogP contribution in [0, 0.1) is 6.92 Å². The summed E-state index contributed by atoms with van der Waals surface area (Å²) in [6.45, 7) is 4.61. The van der Waals surface area contributed by atoms with Gasteiger partial charge in [-0.05, 0) is 62.0 Å². The van der Waals surface area contributed by atoms with Gasteiger partial charge < -0.3 is 15.4 Å². The van der Waals surface area contributed by atoms with Crippen LogP contribution in [0.1, 0.15) is 12.5 Å². The third-order valence-electron chi connectivity index (χ3n) is 2.58. The summed E-state index contributed by atoms with van der Waals surface area (Å²) in [6, 6.07) is 11.5. The van der Waals surface area contributed by atoms with E-state index in [-0.39, 0.29) is 0 Å². The summed E-state index contributed by atoms with van der Waals surface area (Å²) in [5.74, 6) is 1.57. The Morgan fingerprint density at radius 3 is 2.50 bits per heavy atom. The lowest BCUT2D eigenvalue weighted by atomic mass is 10.3. The summed E-state index contributed by atoms with van der Waals surface area (Å²) in [4.78, 5) is 4.24. The molecule has 5 heteroatoms. The summed E-state index contributed by atoms with van der Waals surface area (Å²) in [7, 11) is 0. The zero-order chi connectivity index (χ0) is 14.4. The normalized spacial score (nSPS) is 9.90. The Labute approximate surface area is 124 Å². The molecule has 0 saturated heterocycles. The molecular weight excluding hydrogens is 270 g/mol. The van der Waals surface area contributed by atoms with Gasteiger partial charge in [0.15, 0.2) is 5.11 Å². The van der Waals surface area contributed by atoms with Gasteiger partial charge in [0.2, 0.25) is 0 Å². The molecule has 0 bridgehead atoms. The molecule has 2 aromatic rings. The zero-order valence-corrected chi connectivity index (χ0v) is 12.3. The molecule has 0 spiro atoms. The van der Waals surface area contributed by atoms with E-state index in [1.165, 1.54) is 0 Å². The third-order valence-corrected chi connectivity index (χ3v) is 2.78. The van der Waals surface area contributed by atoms with Gasteiger partial charge in [0.05, 0.1) is 6.61 Å². The average molecular weight is 287 g/mol. The first-order valence-electron chi connectivity index (χ1n) is 6.41. The molecule has 1 aromatic carbocycles. The maximum atomic E-state index is 5.39. The second-order valence-corrected chi connectivity index (χ2v) is 4.67. The summed E-state index contributed by atoms with van der Waals surface area (Å²) >= 11 is 5.24. The van der Waals surface area contributed by atoms with E-state index in [1.54, 1.807) is 6.20 Å². The predicted molar refractivity (Wildman–Crippen MR) is 86.4 cm³/mol. The van der Waals surface area contributed by atoms with Crippen LogP contribution in [0.4, 0.5) is 11.5 Å². The molecule has 0 saturated carbocycles. The molecule has 4 nitrogen and oxygen atoms in total. The van der Waals surface area contributed by atoms with Crippen molar-refractivity contribution in [2.75, 3.05) is 17.2 Å². The predicted octanol–water partition coefficient (Wildman–Crippen LogP) is 3.60. The molecule has 0 fully saturated rings. The van der Waals surface area contributed by atoms with Gasteiger partial charge in [0.25, 0.3) is 0 Å². The minimum atomic E-state index is 0.505. The van der Waals surface area contributed by atoms with Crippen LogP contribution in [0.2, 0.25) is 0 Å². The molecule has 0 radical (unpaired) electrons. The minimum absolute atomic E-state index is 0.505. The number of ether oxygens (including phenoxy) is 1. The van der Waals surface area contributed by atoms with Gasteiger partial charge in [0.1, 0.15) is 11.6 Å². The Balaban J connectivity index is 1.92. The molecule has 104 valence electrons. The Bertz CT molecular complexity index is 567. The fraction of sp³-hybridized carbons (Fsp3) is 0.200. The van der Waals surface area contributed by atoms with E-state index in [9.17, 15) is 0 Å². The van der Waals surface area contributed by atoms with Crippen LogP contribution in [-0.2, 0) is 0 Å². The van der Waals surface area contributed by atoms with Crippen molar-refractivity contribution >= 4 is 28.8 Å². The zero-order valence-electron chi connectivity index (χ0n) is 11.5. The number of nitrogens with one attached hydrogen (secondary N) is 2. The maximum absolute atomic E-state index is 5.39. The van der Waals surface area contributed by atoms with Gasteiger partial charge in [0, 0.05) is 11.9 Å². The molecule has 2 N–H and O–H groups in total. The quantitative estimate of drug-likeness (QED) is 0.841. The van der Waals surface area contributed by atoms with Crippen molar-refractivity contribution < 1.29 is 4.74 Å². The van der Waals surface area contributed by atoms with Crippen LogP contribution in [0.25, 0.3) is 0 Å². The van der Waals surface area contributed by atoms with E-state index in [4.69, 9.17) is 17.0 Å². The van der Waals surface area contributed by atoms with Gasteiger partial charge in [-0.1, -0.05) is 6.07 Å². The number of aryl methyl sites for hydroxylation is 1. The van der Waals surface area contributed by atoms with Crippen LogP contribution in [0.15, 0.2) is 42.6 Å². The molecule has 1 aromatic heterocycles. The molecule has 0 atom stereocenters. The van der Waals surface area contributed by atoms with E-state index in [2.05, 4.69) is 15.6 Å². The Morgan fingerprint density at radius 2 is 1.90 bits per heavy atom. The number of anilines is 2. The highest BCUT2D eigenvalue weighted by molar-refractivity contribution is 7.80. The number of nitrogens with zero attached hydrogens (tertiary/aromatic N) is 1. The molecule has 0 aliphatic carbocycles. The fourth-order valence-electron chi connectivity index (χ4n) is 1.62. The Hall–Kier alpha value is -2.14. The van der Waals surface area contributed by atoms with Crippen LogP contribution in [-0.4, -0.2) is 16.7 Å². The van der Waals surface area contributed by atoms with Crippen molar-refractivity contribution in [1.82, 2.24) is 4.98 Å². The number of hydrogen-bond acceptors (Lipinski definition) is 3. The highest BCUT2D eigenvalue weighted by atomic mass is 32.1. The molecule has 0 aliphatic heterocycles. The van der Waals surface area contributed by atoms with E-state index in [0.717, 1.165) is 22.8 Å². The molecule has 0 aliphatic rings. The van der Waals surface area contributed by atoms with Crippen molar-refractivity contribution in [3.63, 3.8) is 0 Å². The molecule has 1 heterocycles. The number of aromatic nitrogens is 1. The topological polar surface area (TPSA) is 46.2 Å². The number of pyridine rings is 1. The Morgan fingerprint density at radius 1 is 1.15 bits per heavy atom. The van der Waals surface area contributed by atoms with E-state index >= 15 is 0 Å². The lowest BCUT2D eigenvalue weighted by molar-refractivity contribution is 0.340. The van der Waals surface area contributed by atoms with Gasteiger partial charge in [-0.3, -0.25) is 0 Å². The standard InChI is InChI=1S/C15H17N3OS/c1-3-19-13-7-5-12(6-8-13)17-15(20)18-14-9-4-11(2)10-16-14/h4-10H,3H2,1-2H3,(H2,16,17,18,20). The second kappa shape index (κ2) is 6.86. The summed E-state index contributed by atoms with van der Waals surface area (Å²) < 4.78 is 5.39. The van der Waals surface area contributed by atoms with Crippen molar-refractivity contribution in [2.45, 2.75) is 13.8 Å². The van der Waals surface area contributed by atoms with Crippen molar-refractivity contribution in [3.8, 4) is 5.75 Å². The first kappa shape index (κ1) is 14.3. The van der Waals surface area contributed by atoms with Gasteiger partial charge >= 0.3 is 0 Å². The Kier molecular flexibility index (Phi) is 4.90. The minimum Gasteiger partial charge on any atom is -0.494 e. The van der Waals surface area contributed by atoms with Gasteiger partial charge in [-0.15, -0.1) is 0 Å². The van der Waals surface area contributed by atoms with E-state index in [0.29, 0.717) is 11.7 Å². The molecule has 20 heavy (non-hydrogen) atoms. The fourth-order valence-corrected chi connectivity index (χ4v) is 1.84. The third kappa shape index (κ3) is 4.20. The maximum Gasteiger partial charge on any atom is 0.176 e. The average Bonchev–Trinajstić information content (AvgIpc) is 2.44. The summed E-state index contributed by atoms with van der Waals surface area (Å²) in [6.07, 6.45) is 1.79. The molecule has 0 amide bonds. The van der Waals surface area contributed by atoms with Crippen molar-refractivity contribution in [3.05, 3.63) is 48.2 Å². The smallest absolute Gasteiger partial charge is 0.176 e. The van der Waals surface area contributed by atoms with Gasteiger partial charge in [-0.2, -0.15) is 0 Å².